The van der Waals surface area contributed by atoms with Crippen molar-refractivity contribution in [1.29, 1.82) is 0 Å². The van der Waals surface area contributed by atoms with Crippen LogP contribution >= 0.6 is 0 Å². The molecule has 0 atom stereocenters. The standard InChI is InChI=1S/C16H12N4O/c17-13(11-7-3-1-4-8-11)18-15-16(21)20-14(19-15)12-9-5-2-6-10-12/h1-10H,(H2,17,18,19,20,21). The van der Waals surface area contributed by atoms with E-state index in [2.05, 4.69) is 15.0 Å². The van der Waals surface area contributed by atoms with Crippen LogP contribution in [0.5, 0.6) is 0 Å². The summed E-state index contributed by atoms with van der Waals surface area (Å²) in [7, 11) is 0. The van der Waals surface area contributed by atoms with Crippen molar-refractivity contribution in [2.45, 2.75) is 0 Å². The van der Waals surface area contributed by atoms with Crippen LogP contribution < -0.4 is 5.73 Å². The zero-order valence-corrected chi connectivity index (χ0v) is 11.1. The molecule has 1 aliphatic heterocycles. The van der Waals surface area contributed by atoms with E-state index in [4.69, 9.17) is 5.73 Å². The molecule has 0 radical (unpaired) electrons. The van der Waals surface area contributed by atoms with Gasteiger partial charge in [0.05, 0.1) is 0 Å². The minimum absolute atomic E-state index is 0.00945. The first-order valence-electron chi connectivity index (χ1n) is 6.41. The number of hydrogen-bond acceptors (Lipinski definition) is 3. The van der Waals surface area contributed by atoms with E-state index in [9.17, 15) is 4.79 Å². The van der Waals surface area contributed by atoms with Crippen molar-refractivity contribution in [3.05, 3.63) is 71.8 Å². The molecular formula is C16H12N4O. The maximum atomic E-state index is 11.8. The van der Waals surface area contributed by atoms with Gasteiger partial charge in [0, 0.05) is 11.1 Å². The van der Waals surface area contributed by atoms with Gasteiger partial charge in [0.2, 0.25) is 5.84 Å². The first-order valence-corrected chi connectivity index (χ1v) is 6.41. The maximum Gasteiger partial charge on any atom is 0.316 e. The minimum atomic E-state index is -0.479. The van der Waals surface area contributed by atoms with Crippen LogP contribution in [0.3, 0.4) is 0 Å². The number of nitrogens with two attached hydrogens (primary N) is 1. The lowest BCUT2D eigenvalue weighted by molar-refractivity contribution is -0.111. The number of benzene rings is 2. The highest BCUT2D eigenvalue weighted by Gasteiger charge is 2.20. The molecule has 0 spiro atoms. The first kappa shape index (κ1) is 12.9. The number of nitrogens with zero attached hydrogens (tertiary/aromatic N) is 3. The Labute approximate surface area is 121 Å². The Morgan fingerprint density at radius 3 is 2.19 bits per heavy atom. The lowest BCUT2D eigenvalue weighted by Crippen LogP contribution is -2.17. The van der Waals surface area contributed by atoms with Crippen LogP contribution in [-0.2, 0) is 4.79 Å². The van der Waals surface area contributed by atoms with Crippen molar-refractivity contribution in [2.75, 3.05) is 0 Å². The molecule has 0 aromatic heterocycles. The van der Waals surface area contributed by atoms with Crippen molar-refractivity contribution < 1.29 is 4.79 Å². The molecule has 0 bridgehead atoms. The Morgan fingerprint density at radius 1 is 0.905 bits per heavy atom. The predicted molar refractivity (Wildman–Crippen MR) is 82.6 cm³/mol. The quantitative estimate of drug-likeness (QED) is 0.670. The molecule has 1 amide bonds. The van der Waals surface area contributed by atoms with E-state index in [1.165, 1.54) is 0 Å². The number of amidine groups is 3. The fraction of sp³-hybridized carbons (Fsp3) is 0. The number of aliphatic imine (C=N–C) groups is 3. The lowest BCUT2D eigenvalue weighted by Gasteiger charge is -1.98. The molecule has 5 heteroatoms. The molecule has 102 valence electrons. The fourth-order valence-corrected chi connectivity index (χ4v) is 1.90. The fourth-order valence-electron chi connectivity index (χ4n) is 1.90. The van der Waals surface area contributed by atoms with E-state index in [1.807, 2.05) is 60.7 Å². The largest absolute Gasteiger partial charge is 0.383 e. The molecule has 0 aliphatic carbocycles. The topological polar surface area (TPSA) is 80.2 Å². The molecular weight excluding hydrogens is 264 g/mol. The van der Waals surface area contributed by atoms with Gasteiger partial charge in [-0.15, -0.1) is 0 Å². The van der Waals surface area contributed by atoms with Crippen molar-refractivity contribution >= 4 is 23.4 Å². The highest BCUT2D eigenvalue weighted by molar-refractivity contribution is 6.47. The number of amides is 1. The van der Waals surface area contributed by atoms with Gasteiger partial charge in [0.15, 0.2) is 5.84 Å². The van der Waals surface area contributed by atoms with Crippen molar-refractivity contribution in [3.63, 3.8) is 0 Å². The molecule has 0 saturated heterocycles. The van der Waals surface area contributed by atoms with E-state index in [0.717, 1.165) is 11.1 Å². The van der Waals surface area contributed by atoms with Gasteiger partial charge < -0.3 is 5.73 Å². The van der Waals surface area contributed by atoms with Crippen LogP contribution in [-0.4, -0.2) is 23.4 Å². The molecule has 21 heavy (non-hydrogen) atoms. The van der Waals surface area contributed by atoms with Crippen molar-refractivity contribution in [2.24, 2.45) is 20.7 Å². The third-order valence-corrected chi connectivity index (χ3v) is 2.94. The summed E-state index contributed by atoms with van der Waals surface area (Å²) in [5.41, 5.74) is 7.40. The molecule has 2 N–H and O–H groups in total. The Hall–Kier alpha value is -3.08. The van der Waals surface area contributed by atoms with Gasteiger partial charge in [-0.1, -0.05) is 60.7 Å². The average molecular weight is 276 g/mol. The highest BCUT2D eigenvalue weighted by Crippen LogP contribution is 2.10. The van der Waals surface area contributed by atoms with Crippen LogP contribution in [0.2, 0.25) is 0 Å². The molecule has 2 aromatic carbocycles. The second-order valence-corrected chi connectivity index (χ2v) is 4.41. The summed E-state index contributed by atoms with van der Waals surface area (Å²) in [5.74, 6) is 0.135. The number of rotatable bonds is 2. The van der Waals surface area contributed by atoms with Gasteiger partial charge in [-0.05, 0) is 0 Å². The molecule has 2 aromatic rings. The van der Waals surface area contributed by atoms with Crippen molar-refractivity contribution in [1.82, 2.24) is 0 Å². The Kier molecular flexibility index (Phi) is 3.39. The van der Waals surface area contributed by atoms with E-state index in [1.54, 1.807) is 0 Å². The third-order valence-electron chi connectivity index (χ3n) is 2.94. The molecule has 1 aliphatic rings. The molecule has 3 rings (SSSR count). The molecule has 1 heterocycles. The summed E-state index contributed by atoms with van der Waals surface area (Å²) in [6.07, 6.45) is 0. The molecule has 0 fully saturated rings. The number of carbonyl (C=O) groups excluding carboxylic acids is 1. The Balaban J connectivity index is 1.90. The second kappa shape index (κ2) is 5.50. The first-order chi connectivity index (χ1) is 10.2. The normalized spacial score (nSPS) is 14.9. The van der Waals surface area contributed by atoms with Crippen molar-refractivity contribution in [3.8, 4) is 0 Å². The van der Waals surface area contributed by atoms with Crippen LogP contribution in [0.25, 0.3) is 0 Å². The van der Waals surface area contributed by atoms with Gasteiger partial charge >= 0.3 is 5.91 Å². The van der Waals surface area contributed by atoms with E-state index >= 15 is 0 Å². The third kappa shape index (κ3) is 2.76. The monoisotopic (exact) mass is 276 g/mol. The van der Waals surface area contributed by atoms with Crippen LogP contribution in [0, 0.1) is 0 Å². The summed E-state index contributed by atoms with van der Waals surface area (Å²) in [4.78, 5) is 24.0. The SMILES string of the molecule is NC(=NC1=NC(c2ccccc2)=NC1=O)c1ccccc1. The van der Waals surface area contributed by atoms with Gasteiger partial charge in [-0.2, -0.15) is 4.99 Å². The Bertz CT molecular complexity index is 761. The summed E-state index contributed by atoms with van der Waals surface area (Å²) in [6.45, 7) is 0. The van der Waals surface area contributed by atoms with E-state index in [0.29, 0.717) is 5.84 Å². The summed E-state index contributed by atoms with van der Waals surface area (Å²) < 4.78 is 0. The number of hydrogen-bond donors (Lipinski definition) is 1. The van der Waals surface area contributed by atoms with Crippen LogP contribution in [0.4, 0.5) is 0 Å². The minimum Gasteiger partial charge on any atom is -0.383 e. The lowest BCUT2D eigenvalue weighted by atomic mass is 10.2. The Morgan fingerprint density at radius 2 is 1.52 bits per heavy atom. The average Bonchev–Trinajstić information content (AvgIpc) is 2.90. The van der Waals surface area contributed by atoms with Gasteiger partial charge in [-0.3, -0.25) is 4.79 Å². The molecule has 5 nitrogen and oxygen atoms in total. The summed E-state index contributed by atoms with van der Waals surface area (Å²) in [5, 5.41) is 0. The zero-order valence-electron chi connectivity index (χ0n) is 11.1. The van der Waals surface area contributed by atoms with Gasteiger partial charge in [-0.25, -0.2) is 9.98 Å². The summed E-state index contributed by atoms with van der Waals surface area (Å²) >= 11 is 0. The second-order valence-electron chi connectivity index (χ2n) is 4.41. The van der Waals surface area contributed by atoms with Gasteiger partial charge in [0.1, 0.15) is 5.84 Å². The number of carbonyl (C=O) groups is 1. The smallest absolute Gasteiger partial charge is 0.316 e. The summed E-state index contributed by atoms with van der Waals surface area (Å²) in [6, 6.07) is 18.5. The van der Waals surface area contributed by atoms with Crippen LogP contribution in [0.1, 0.15) is 11.1 Å². The van der Waals surface area contributed by atoms with E-state index < -0.39 is 5.91 Å². The molecule has 0 saturated carbocycles. The highest BCUT2D eigenvalue weighted by atomic mass is 16.2. The molecule has 0 unspecified atom stereocenters. The van der Waals surface area contributed by atoms with Crippen LogP contribution in [0.15, 0.2) is 75.6 Å². The van der Waals surface area contributed by atoms with Gasteiger partial charge in [0.25, 0.3) is 0 Å². The van der Waals surface area contributed by atoms with E-state index in [-0.39, 0.29) is 11.7 Å². The predicted octanol–water partition coefficient (Wildman–Crippen LogP) is 1.78. The maximum absolute atomic E-state index is 11.8. The zero-order chi connectivity index (χ0) is 14.7.